The van der Waals surface area contributed by atoms with E-state index in [-0.39, 0.29) is 5.91 Å². The summed E-state index contributed by atoms with van der Waals surface area (Å²) in [4.78, 5) is 14.1. The van der Waals surface area contributed by atoms with Crippen LogP contribution in [-0.4, -0.2) is 17.4 Å². The van der Waals surface area contributed by atoms with Gasteiger partial charge < -0.3 is 9.32 Å². The zero-order chi connectivity index (χ0) is 14.4. The molecule has 2 rings (SSSR count). The number of benzene rings is 1. The normalized spacial score (nSPS) is 10.0. The highest BCUT2D eigenvalue weighted by Crippen LogP contribution is 2.13. The van der Waals surface area contributed by atoms with Gasteiger partial charge in [-0.2, -0.15) is 5.26 Å². The highest BCUT2D eigenvalue weighted by Gasteiger charge is 2.16. The molecule has 1 heterocycles. The van der Waals surface area contributed by atoms with E-state index in [1.54, 1.807) is 29.4 Å². The lowest BCUT2D eigenvalue weighted by molar-refractivity contribution is 0.0735. The Bertz CT molecular complexity index is 600. The molecular weight excluding hydrogens is 367 g/mol. The molecule has 0 unspecified atom stereocenters. The van der Waals surface area contributed by atoms with Gasteiger partial charge in [-0.25, -0.2) is 0 Å². The number of halogens is 1. The lowest BCUT2D eigenvalue weighted by Gasteiger charge is -2.20. The van der Waals surface area contributed by atoms with Crippen molar-refractivity contribution in [2.75, 3.05) is 6.54 Å². The molecule has 2 aromatic rings. The first-order valence-electron chi connectivity index (χ1n) is 6.15. The molecule has 0 saturated heterocycles. The SMILES string of the molecule is N#CCCN(Cc1ccco1)C(=O)c1ccc(I)cc1. The van der Waals surface area contributed by atoms with Crippen molar-refractivity contribution in [2.45, 2.75) is 13.0 Å². The van der Waals surface area contributed by atoms with Crippen molar-refractivity contribution in [3.8, 4) is 6.07 Å². The maximum atomic E-state index is 12.5. The van der Waals surface area contributed by atoms with Crippen molar-refractivity contribution in [1.82, 2.24) is 4.90 Å². The number of furan rings is 1. The van der Waals surface area contributed by atoms with Crippen LogP contribution in [-0.2, 0) is 6.54 Å². The molecule has 0 fully saturated rings. The third-order valence-electron chi connectivity index (χ3n) is 2.80. The first-order valence-corrected chi connectivity index (χ1v) is 7.23. The van der Waals surface area contributed by atoms with Gasteiger partial charge in [-0.15, -0.1) is 0 Å². The van der Waals surface area contributed by atoms with E-state index in [0.717, 1.165) is 3.57 Å². The molecule has 0 radical (unpaired) electrons. The van der Waals surface area contributed by atoms with Crippen LogP contribution in [0.3, 0.4) is 0 Å². The molecule has 1 aromatic carbocycles. The molecule has 0 atom stereocenters. The number of hydrogen-bond donors (Lipinski definition) is 0. The number of rotatable bonds is 5. The van der Waals surface area contributed by atoms with Crippen LogP contribution in [0.25, 0.3) is 0 Å². The summed E-state index contributed by atoms with van der Waals surface area (Å²) in [6.45, 7) is 0.765. The molecule has 0 saturated carbocycles. The molecule has 1 aromatic heterocycles. The standard InChI is InChI=1S/C15H13IN2O2/c16-13-6-4-12(5-7-13)15(19)18(9-2-8-17)11-14-3-1-10-20-14/h1,3-7,10H,2,9,11H2. The molecule has 0 spiro atoms. The predicted octanol–water partition coefficient (Wildman–Crippen LogP) is 3.44. The second kappa shape index (κ2) is 7.10. The summed E-state index contributed by atoms with van der Waals surface area (Å²) in [6, 6.07) is 13.1. The maximum absolute atomic E-state index is 12.5. The molecule has 0 aliphatic heterocycles. The molecule has 20 heavy (non-hydrogen) atoms. The highest BCUT2D eigenvalue weighted by atomic mass is 127. The van der Waals surface area contributed by atoms with Gasteiger partial charge in [0.05, 0.1) is 25.3 Å². The Labute approximate surface area is 131 Å². The fourth-order valence-corrected chi connectivity index (χ4v) is 2.16. The number of carbonyl (C=O) groups is 1. The zero-order valence-electron chi connectivity index (χ0n) is 10.8. The van der Waals surface area contributed by atoms with E-state index in [0.29, 0.717) is 30.8 Å². The second-order valence-electron chi connectivity index (χ2n) is 4.22. The van der Waals surface area contributed by atoms with Gasteiger partial charge in [-0.1, -0.05) is 0 Å². The van der Waals surface area contributed by atoms with Crippen LogP contribution in [0.5, 0.6) is 0 Å². The molecule has 0 aliphatic rings. The second-order valence-corrected chi connectivity index (χ2v) is 5.47. The minimum Gasteiger partial charge on any atom is -0.467 e. The number of carbonyl (C=O) groups excluding carboxylic acids is 1. The molecule has 0 bridgehead atoms. The van der Waals surface area contributed by atoms with Crippen molar-refractivity contribution >= 4 is 28.5 Å². The molecule has 0 N–H and O–H groups in total. The Morgan fingerprint density at radius 3 is 2.65 bits per heavy atom. The van der Waals surface area contributed by atoms with Crippen LogP contribution in [0.2, 0.25) is 0 Å². The van der Waals surface area contributed by atoms with Gasteiger partial charge in [0.1, 0.15) is 5.76 Å². The van der Waals surface area contributed by atoms with Crippen LogP contribution < -0.4 is 0 Å². The number of hydrogen-bond acceptors (Lipinski definition) is 3. The van der Waals surface area contributed by atoms with Crippen LogP contribution in [0.1, 0.15) is 22.5 Å². The van der Waals surface area contributed by atoms with Crippen molar-refractivity contribution in [2.24, 2.45) is 0 Å². The monoisotopic (exact) mass is 380 g/mol. The van der Waals surface area contributed by atoms with Gasteiger partial charge in [0, 0.05) is 15.7 Å². The average molecular weight is 380 g/mol. The molecule has 0 aliphatic carbocycles. The van der Waals surface area contributed by atoms with Gasteiger partial charge in [0.2, 0.25) is 0 Å². The molecule has 5 heteroatoms. The Kier molecular flexibility index (Phi) is 5.18. The smallest absolute Gasteiger partial charge is 0.254 e. The van der Waals surface area contributed by atoms with E-state index in [2.05, 4.69) is 28.7 Å². The third-order valence-corrected chi connectivity index (χ3v) is 3.52. The molecule has 102 valence electrons. The topological polar surface area (TPSA) is 57.2 Å². The van der Waals surface area contributed by atoms with Gasteiger partial charge in [0.25, 0.3) is 5.91 Å². The number of nitriles is 1. The minimum absolute atomic E-state index is 0.0898. The minimum atomic E-state index is -0.0898. The van der Waals surface area contributed by atoms with E-state index in [4.69, 9.17) is 9.68 Å². The third kappa shape index (κ3) is 3.84. The predicted molar refractivity (Wildman–Crippen MR) is 82.8 cm³/mol. The summed E-state index contributed by atoms with van der Waals surface area (Å²) in [6.07, 6.45) is 1.88. The summed E-state index contributed by atoms with van der Waals surface area (Å²) < 4.78 is 6.35. The summed E-state index contributed by atoms with van der Waals surface area (Å²) >= 11 is 2.19. The van der Waals surface area contributed by atoms with Gasteiger partial charge >= 0.3 is 0 Å². The lowest BCUT2D eigenvalue weighted by atomic mass is 10.2. The van der Waals surface area contributed by atoms with E-state index in [1.807, 2.05) is 18.2 Å². The molecule has 1 amide bonds. The highest BCUT2D eigenvalue weighted by molar-refractivity contribution is 14.1. The van der Waals surface area contributed by atoms with E-state index >= 15 is 0 Å². The van der Waals surface area contributed by atoms with Crippen LogP contribution in [0, 0.1) is 14.9 Å². The van der Waals surface area contributed by atoms with E-state index in [9.17, 15) is 4.79 Å². The molecule has 4 nitrogen and oxygen atoms in total. The average Bonchev–Trinajstić information content (AvgIpc) is 2.96. The van der Waals surface area contributed by atoms with Gasteiger partial charge in [-0.3, -0.25) is 4.79 Å². The number of amides is 1. The van der Waals surface area contributed by atoms with Crippen molar-refractivity contribution in [1.29, 1.82) is 5.26 Å². The first-order chi connectivity index (χ1) is 9.70. The van der Waals surface area contributed by atoms with Crippen molar-refractivity contribution in [3.05, 3.63) is 57.6 Å². The summed E-state index contributed by atoms with van der Waals surface area (Å²) in [5, 5.41) is 8.72. The van der Waals surface area contributed by atoms with Gasteiger partial charge in [0.15, 0.2) is 0 Å². The Morgan fingerprint density at radius 2 is 2.05 bits per heavy atom. The van der Waals surface area contributed by atoms with Crippen LogP contribution in [0.4, 0.5) is 0 Å². The summed E-state index contributed by atoms with van der Waals surface area (Å²) in [5.41, 5.74) is 0.620. The van der Waals surface area contributed by atoms with Crippen molar-refractivity contribution < 1.29 is 9.21 Å². The molecular formula is C15H13IN2O2. The van der Waals surface area contributed by atoms with Crippen LogP contribution >= 0.6 is 22.6 Å². The Morgan fingerprint density at radius 1 is 1.30 bits per heavy atom. The lowest BCUT2D eigenvalue weighted by Crippen LogP contribution is -2.31. The fourth-order valence-electron chi connectivity index (χ4n) is 1.80. The Balaban J connectivity index is 2.15. The summed E-state index contributed by atoms with van der Waals surface area (Å²) in [5.74, 6) is 0.620. The Hall–Kier alpha value is -1.81. The summed E-state index contributed by atoms with van der Waals surface area (Å²) in [7, 11) is 0. The van der Waals surface area contributed by atoms with E-state index in [1.165, 1.54) is 0 Å². The first kappa shape index (κ1) is 14.6. The largest absolute Gasteiger partial charge is 0.467 e. The van der Waals surface area contributed by atoms with Crippen molar-refractivity contribution in [3.63, 3.8) is 0 Å². The quantitative estimate of drug-likeness (QED) is 0.747. The van der Waals surface area contributed by atoms with Crippen LogP contribution in [0.15, 0.2) is 47.1 Å². The maximum Gasteiger partial charge on any atom is 0.254 e. The number of nitrogens with zero attached hydrogens (tertiary/aromatic N) is 2. The van der Waals surface area contributed by atoms with Gasteiger partial charge in [-0.05, 0) is 59.0 Å². The van der Waals surface area contributed by atoms with E-state index < -0.39 is 0 Å². The zero-order valence-corrected chi connectivity index (χ0v) is 12.9. The fraction of sp³-hybridized carbons (Fsp3) is 0.200.